The van der Waals surface area contributed by atoms with Crippen molar-refractivity contribution in [3.8, 4) is 17.2 Å². The van der Waals surface area contributed by atoms with Crippen LogP contribution >= 0.6 is 11.6 Å². The second-order valence-electron chi connectivity index (χ2n) is 4.08. The summed E-state index contributed by atoms with van der Waals surface area (Å²) in [7, 11) is 1.60. The van der Waals surface area contributed by atoms with Gasteiger partial charge in [-0.05, 0) is 30.3 Å². The number of hydrogen-bond acceptors (Lipinski definition) is 4. The molecular weight excluding hydrogens is 264 g/mol. The fraction of sp³-hybridized carbons (Fsp3) is 0.0714. The number of aromatic nitrogens is 1. The molecule has 1 heterocycles. The number of benzene rings is 2. The Bertz CT molecular complexity index is 752. The Morgan fingerprint density at radius 3 is 2.84 bits per heavy atom. The highest BCUT2D eigenvalue weighted by Crippen LogP contribution is 2.32. The van der Waals surface area contributed by atoms with Crippen molar-refractivity contribution in [2.45, 2.75) is 0 Å². The minimum absolute atomic E-state index is 0.452. The van der Waals surface area contributed by atoms with E-state index in [1.165, 1.54) is 0 Å². The molecule has 0 bridgehead atoms. The first-order valence-electron chi connectivity index (χ1n) is 5.67. The monoisotopic (exact) mass is 274 g/mol. The summed E-state index contributed by atoms with van der Waals surface area (Å²) in [6.45, 7) is 0. The lowest BCUT2D eigenvalue weighted by Gasteiger charge is -2.04. The number of halogens is 1. The predicted octanol–water partition coefficient (Wildman–Crippen LogP) is 3.74. The van der Waals surface area contributed by atoms with Gasteiger partial charge < -0.3 is 14.9 Å². The first kappa shape index (κ1) is 11.9. The van der Waals surface area contributed by atoms with E-state index in [-0.39, 0.29) is 0 Å². The van der Waals surface area contributed by atoms with Crippen LogP contribution < -0.4 is 10.5 Å². The molecule has 0 radical (unpaired) electrons. The smallest absolute Gasteiger partial charge is 0.229 e. The summed E-state index contributed by atoms with van der Waals surface area (Å²) in [4.78, 5) is 4.40. The van der Waals surface area contributed by atoms with E-state index in [9.17, 15) is 0 Å². The predicted molar refractivity (Wildman–Crippen MR) is 75.4 cm³/mol. The van der Waals surface area contributed by atoms with Gasteiger partial charge in [0.25, 0.3) is 0 Å². The Kier molecular flexibility index (Phi) is 2.80. The molecule has 96 valence electrons. The highest BCUT2D eigenvalue weighted by molar-refractivity contribution is 6.31. The van der Waals surface area contributed by atoms with Crippen LogP contribution in [-0.4, -0.2) is 12.1 Å². The third kappa shape index (κ3) is 2.11. The van der Waals surface area contributed by atoms with Gasteiger partial charge >= 0.3 is 0 Å². The summed E-state index contributed by atoms with van der Waals surface area (Å²) < 4.78 is 10.9. The van der Waals surface area contributed by atoms with Crippen molar-refractivity contribution in [1.29, 1.82) is 0 Å². The van der Waals surface area contributed by atoms with E-state index in [0.29, 0.717) is 33.5 Å². The highest BCUT2D eigenvalue weighted by Gasteiger charge is 2.12. The van der Waals surface area contributed by atoms with Crippen molar-refractivity contribution in [3.05, 3.63) is 41.4 Å². The minimum Gasteiger partial charge on any atom is -0.497 e. The lowest BCUT2D eigenvalue weighted by Crippen LogP contribution is -1.91. The number of rotatable bonds is 2. The molecule has 0 aliphatic heterocycles. The molecule has 0 saturated carbocycles. The number of nitrogen functional groups attached to an aromatic ring is 1. The molecule has 0 aliphatic carbocycles. The quantitative estimate of drug-likeness (QED) is 0.723. The molecule has 3 aromatic rings. The maximum absolute atomic E-state index is 5.95. The van der Waals surface area contributed by atoms with Crippen LogP contribution in [0.2, 0.25) is 5.02 Å². The molecule has 0 atom stereocenters. The molecule has 0 amide bonds. The van der Waals surface area contributed by atoms with Crippen molar-refractivity contribution in [3.63, 3.8) is 0 Å². The lowest BCUT2D eigenvalue weighted by atomic mass is 10.1. The van der Waals surface area contributed by atoms with Crippen LogP contribution in [0.4, 0.5) is 5.69 Å². The first-order chi connectivity index (χ1) is 9.17. The third-order valence-electron chi connectivity index (χ3n) is 2.84. The molecule has 0 spiro atoms. The number of ether oxygens (including phenoxy) is 1. The van der Waals surface area contributed by atoms with Gasteiger partial charge in [0, 0.05) is 16.8 Å². The number of nitrogens with zero attached hydrogens (tertiary/aromatic N) is 1. The van der Waals surface area contributed by atoms with Gasteiger partial charge in [0.2, 0.25) is 5.89 Å². The summed E-state index contributed by atoms with van der Waals surface area (Å²) in [5.41, 5.74) is 8.60. The summed E-state index contributed by atoms with van der Waals surface area (Å²) in [5, 5.41) is 0.605. The Balaban J connectivity index is 2.18. The fourth-order valence-electron chi connectivity index (χ4n) is 1.86. The molecule has 2 aromatic carbocycles. The lowest BCUT2D eigenvalue weighted by molar-refractivity contribution is 0.415. The normalized spacial score (nSPS) is 10.8. The fourth-order valence-corrected chi connectivity index (χ4v) is 2.02. The molecule has 0 fully saturated rings. The van der Waals surface area contributed by atoms with Crippen LogP contribution in [0.25, 0.3) is 22.6 Å². The number of methoxy groups -OCH3 is 1. The molecule has 5 heteroatoms. The average Bonchev–Trinajstić information content (AvgIpc) is 2.82. The molecule has 1 aromatic heterocycles. The Hall–Kier alpha value is -2.20. The zero-order chi connectivity index (χ0) is 13.4. The van der Waals surface area contributed by atoms with Crippen molar-refractivity contribution >= 4 is 28.4 Å². The Morgan fingerprint density at radius 2 is 2.05 bits per heavy atom. The maximum Gasteiger partial charge on any atom is 0.229 e. The Morgan fingerprint density at radius 1 is 1.21 bits per heavy atom. The number of hydrogen-bond donors (Lipinski definition) is 1. The average molecular weight is 275 g/mol. The molecule has 19 heavy (non-hydrogen) atoms. The third-order valence-corrected chi connectivity index (χ3v) is 3.08. The van der Waals surface area contributed by atoms with Crippen LogP contribution in [0.5, 0.6) is 5.75 Å². The van der Waals surface area contributed by atoms with E-state index in [1.54, 1.807) is 43.5 Å². The van der Waals surface area contributed by atoms with Gasteiger partial charge in [-0.15, -0.1) is 0 Å². The van der Waals surface area contributed by atoms with Crippen LogP contribution in [0.15, 0.2) is 40.8 Å². The van der Waals surface area contributed by atoms with E-state index in [2.05, 4.69) is 4.98 Å². The zero-order valence-corrected chi connectivity index (χ0v) is 10.9. The maximum atomic E-state index is 5.95. The van der Waals surface area contributed by atoms with E-state index in [0.717, 1.165) is 5.52 Å². The van der Waals surface area contributed by atoms with E-state index >= 15 is 0 Å². The Labute approximate surface area is 114 Å². The van der Waals surface area contributed by atoms with Crippen molar-refractivity contribution in [2.24, 2.45) is 0 Å². The molecule has 4 nitrogen and oxygen atoms in total. The number of anilines is 1. The molecule has 2 N–H and O–H groups in total. The van der Waals surface area contributed by atoms with Gasteiger partial charge in [0.05, 0.1) is 12.7 Å². The second kappa shape index (κ2) is 4.48. The number of fused-ring (bicyclic) bond motifs is 1. The molecular formula is C14H11ClN2O2. The summed E-state index contributed by atoms with van der Waals surface area (Å²) in [5.74, 6) is 1.15. The van der Waals surface area contributed by atoms with Gasteiger partial charge in [-0.2, -0.15) is 0 Å². The standard InChI is InChI=1S/C14H11ClN2O2/c1-18-9-3-4-11(16)10(7-9)14-17-12-5-2-8(15)6-13(12)19-14/h2-7H,16H2,1H3. The summed E-state index contributed by atoms with van der Waals surface area (Å²) >= 11 is 5.92. The minimum atomic E-state index is 0.452. The molecule has 0 unspecified atom stereocenters. The van der Waals surface area contributed by atoms with Crippen LogP contribution in [0.1, 0.15) is 0 Å². The van der Waals surface area contributed by atoms with Crippen LogP contribution in [0.3, 0.4) is 0 Å². The summed E-state index contributed by atoms with van der Waals surface area (Å²) in [6, 6.07) is 10.6. The SMILES string of the molecule is COc1ccc(N)c(-c2nc3ccc(Cl)cc3o2)c1. The van der Waals surface area contributed by atoms with Crippen LogP contribution in [0, 0.1) is 0 Å². The molecule has 0 saturated heterocycles. The van der Waals surface area contributed by atoms with E-state index in [4.69, 9.17) is 26.5 Å². The largest absolute Gasteiger partial charge is 0.497 e. The molecule has 3 rings (SSSR count). The van der Waals surface area contributed by atoms with Gasteiger partial charge in [-0.25, -0.2) is 4.98 Å². The zero-order valence-electron chi connectivity index (χ0n) is 10.2. The van der Waals surface area contributed by atoms with Gasteiger partial charge in [-0.3, -0.25) is 0 Å². The number of oxazole rings is 1. The van der Waals surface area contributed by atoms with E-state index in [1.807, 2.05) is 0 Å². The summed E-state index contributed by atoms with van der Waals surface area (Å²) in [6.07, 6.45) is 0. The molecule has 0 aliphatic rings. The van der Waals surface area contributed by atoms with Crippen molar-refractivity contribution < 1.29 is 9.15 Å². The van der Waals surface area contributed by atoms with E-state index < -0.39 is 0 Å². The number of nitrogens with two attached hydrogens (primary N) is 1. The first-order valence-corrected chi connectivity index (χ1v) is 6.05. The van der Waals surface area contributed by atoms with Crippen LogP contribution in [-0.2, 0) is 0 Å². The van der Waals surface area contributed by atoms with Gasteiger partial charge in [-0.1, -0.05) is 11.6 Å². The van der Waals surface area contributed by atoms with Crippen molar-refractivity contribution in [1.82, 2.24) is 4.98 Å². The van der Waals surface area contributed by atoms with Gasteiger partial charge in [0.1, 0.15) is 11.3 Å². The van der Waals surface area contributed by atoms with Gasteiger partial charge in [0.15, 0.2) is 5.58 Å². The second-order valence-corrected chi connectivity index (χ2v) is 4.52. The highest BCUT2D eigenvalue weighted by atomic mass is 35.5. The topological polar surface area (TPSA) is 61.3 Å². The van der Waals surface area contributed by atoms with Crippen molar-refractivity contribution in [2.75, 3.05) is 12.8 Å².